The average molecular weight is 260 g/mol. The van der Waals surface area contributed by atoms with Crippen molar-refractivity contribution < 1.29 is 9.53 Å². The van der Waals surface area contributed by atoms with Crippen molar-refractivity contribution in [3.8, 4) is 0 Å². The van der Waals surface area contributed by atoms with Crippen LogP contribution in [0.2, 0.25) is 0 Å². The molecule has 16 heavy (non-hydrogen) atoms. The van der Waals surface area contributed by atoms with E-state index in [2.05, 4.69) is 4.98 Å². The van der Waals surface area contributed by atoms with E-state index in [-0.39, 0.29) is 5.97 Å². The van der Waals surface area contributed by atoms with E-state index in [4.69, 9.17) is 16.3 Å². The first kappa shape index (κ1) is 13.3. The molecule has 5 heteroatoms. The fourth-order valence-corrected chi connectivity index (χ4v) is 2.11. The Balaban J connectivity index is 2.50. The molecule has 0 aliphatic rings. The van der Waals surface area contributed by atoms with Crippen molar-refractivity contribution in [3.05, 3.63) is 23.9 Å². The summed E-state index contributed by atoms with van der Waals surface area (Å²) >= 11 is 7.21. The van der Waals surface area contributed by atoms with E-state index in [1.807, 2.05) is 6.07 Å². The largest absolute Gasteiger partial charge is 0.462 e. The lowest BCUT2D eigenvalue weighted by atomic mass is 10.3. The summed E-state index contributed by atoms with van der Waals surface area (Å²) in [5.74, 6) is 1.27. The van der Waals surface area contributed by atoms with E-state index >= 15 is 0 Å². The highest BCUT2D eigenvalue weighted by molar-refractivity contribution is 7.99. The number of hydrogen-bond acceptors (Lipinski definition) is 4. The number of thioether (sulfide) groups is 1. The van der Waals surface area contributed by atoms with Crippen molar-refractivity contribution in [3.63, 3.8) is 0 Å². The minimum atomic E-state index is -0.327. The van der Waals surface area contributed by atoms with Crippen LogP contribution in [-0.2, 0) is 4.74 Å². The van der Waals surface area contributed by atoms with Gasteiger partial charge in [-0.3, -0.25) is 0 Å². The van der Waals surface area contributed by atoms with Gasteiger partial charge in [0.2, 0.25) is 0 Å². The molecule has 0 unspecified atom stereocenters. The van der Waals surface area contributed by atoms with Crippen LogP contribution in [0.15, 0.2) is 23.4 Å². The fraction of sp³-hybridized carbons (Fsp3) is 0.455. The van der Waals surface area contributed by atoms with E-state index in [1.165, 1.54) is 0 Å². The summed E-state index contributed by atoms with van der Waals surface area (Å²) < 4.78 is 4.86. The summed E-state index contributed by atoms with van der Waals surface area (Å²) in [5.41, 5.74) is 0.489. The van der Waals surface area contributed by atoms with E-state index < -0.39 is 0 Å². The third-order valence-corrected chi connectivity index (χ3v) is 3.07. The van der Waals surface area contributed by atoms with Gasteiger partial charge in [0, 0.05) is 17.8 Å². The molecule has 0 radical (unpaired) electrons. The monoisotopic (exact) mass is 259 g/mol. The number of hydrogen-bond donors (Lipinski definition) is 0. The SMILES string of the molecule is CCOC(=O)c1ccc(SCCCCl)nc1. The van der Waals surface area contributed by atoms with E-state index in [0.717, 1.165) is 17.2 Å². The Morgan fingerprint density at radius 2 is 2.38 bits per heavy atom. The minimum Gasteiger partial charge on any atom is -0.462 e. The molecule has 0 N–H and O–H groups in total. The Kier molecular flexibility index (Phi) is 6.26. The van der Waals surface area contributed by atoms with Crippen molar-refractivity contribution in [2.45, 2.75) is 18.4 Å². The molecular formula is C11H14ClNO2S. The molecule has 0 fully saturated rings. The highest BCUT2D eigenvalue weighted by Crippen LogP contribution is 2.16. The standard InChI is InChI=1S/C11H14ClNO2S/c1-2-15-11(14)9-4-5-10(13-8-9)16-7-3-6-12/h4-5,8H,2-3,6-7H2,1H3. The van der Waals surface area contributed by atoms with Crippen LogP contribution in [0.25, 0.3) is 0 Å². The number of nitrogens with zero attached hydrogens (tertiary/aromatic N) is 1. The number of esters is 1. The van der Waals surface area contributed by atoms with Crippen molar-refractivity contribution in [2.75, 3.05) is 18.2 Å². The molecule has 0 aliphatic carbocycles. The van der Waals surface area contributed by atoms with Crippen LogP contribution in [0.1, 0.15) is 23.7 Å². The molecule has 88 valence electrons. The molecule has 0 bridgehead atoms. The van der Waals surface area contributed by atoms with Gasteiger partial charge in [0.1, 0.15) is 0 Å². The Morgan fingerprint density at radius 3 is 2.94 bits per heavy atom. The second-order valence-corrected chi connectivity index (χ2v) is 4.49. The van der Waals surface area contributed by atoms with Crippen molar-refractivity contribution in [1.29, 1.82) is 0 Å². The van der Waals surface area contributed by atoms with Crippen molar-refractivity contribution in [2.24, 2.45) is 0 Å². The normalized spacial score (nSPS) is 10.1. The zero-order valence-corrected chi connectivity index (χ0v) is 10.7. The van der Waals surface area contributed by atoms with Crippen molar-refractivity contribution in [1.82, 2.24) is 4.98 Å². The number of pyridine rings is 1. The second-order valence-electron chi connectivity index (χ2n) is 3.00. The molecular weight excluding hydrogens is 246 g/mol. The van der Waals surface area contributed by atoms with Gasteiger partial charge in [-0.15, -0.1) is 23.4 Å². The highest BCUT2D eigenvalue weighted by atomic mass is 35.5. The molecule has 3 nitrogen and oxygen atoms in total. The lowest BCUT2D eigenvalue weighted by Crippen LogP contribution is -2.04. The van der Waals surface area contributed by atoms with Gasteiger partial charge in [-0.05, 0) is 25.5 Å². The number of aromatic nitrogens is 1. The van der Waals surface area contributed by atoms with Gasteiger partial charge in [0.25, 0.3) is 0 Å². The van der Waals surface area contributed by atoms with Crippen LogP contribution in [0.4, 0.5) is 0 Å². The van der Waals surface area contributed by atoms with Crippen LogP contribution in [0.5, 0.6) is 0 Å². The maximum Gasteiger partial charge on any atom is 0.339 e. The lowest BCUT2D eigenvalue weighted by Gasteiger charge is -2.02. The maximum absolute atomic E-state index is 11.3. The highest BCUT2D eigenvalue weighted by Gasteiger charge is 2.06. The third kappa shape index (κ3) is 4.41. The van der Waals surface area contributed by atoms with Gasteiger partial charge in [-0.1, -0.05) is 0 Å². The topological polar surface area (TPSA) is 39.2 Å². The third-order valence-electron chi connectivity index (χ3n) is 1.78. The number of alkyl halides is 1. The summed E-state index contributed by atoms with van der Waals surface area (Å²) in [4.78, 5) is 15.5. The zero-order valence-electron chi connectivity index (χ0n) is 9.11. The predicted octanol–water partition coefficient (Wildman–Crippen LogP) is 2.98. The fourth-order valence-electron chi connectivity index (χ4n) is 1.03. The van der Waals surface area contributed by atoms with Gasteiger partial charge in [-0.2, -0.15) is 0 Å². The number of carbonyl (C=O) groups is 1. The quantitative estimate of drug-likeness (QED) is 0.341. The van der Waals surface area contributed by atoms with Crippen molar-refractivity contribution >= 4 is 29.3 Å². The summed E-state index contributed by atoms with van der Waals surface area (Å²) in [6, 6.07) is 3.55. The summed E-state index contributed by atoms with van der Waals surface area (Å²) in [5, 5.41) is 0.901. The molecule has 0 aromatic carbocycles. The lowest BCUT2D eigenvalue weighted by molar-refractivity contribution is 0.0525. The molecule has 0 spiro atoms. The van der Waals surface area contributed by atoms with Gasteiger partial charge >= 0.3 is 5.97 Å². The minimum absolute atomic E-state index is 0.327. The number of carbonyl (C=O) groups excluding carboxylic acids is 1. The van der Waals surface area contributed by atoms with Gasteiger partial charge in [0.05, 0.1) is 17.2 Å². The van der Waals surface area contributed by atoms with Crippen LogP contribution in [0, 0.1) is 0 Å². The molecule has 1 heterocycles. The van der Waals surface area contributed by atoms with Crippen LogP contribution in [-0.4, -0.2) is 29.2 Å². The number of rotatable bonds is 6. The molecule has 0 aliphatic heterocycles. The maximum atomic E-state index is 11.3. The Bertz CT molecular complexity index is 329. The smallest absolute Gasteiger partial charge is 0.339 e. The summed E-state index contributed by atoms with van der Waals surface area (Å²) in [7, 11) is 0. The Hall–Kier alpha value is -0.740. The Labute approximate surface area is 105 Å². The first-order valence-electron chi connectivity index (χ1n) is 5.10. The van der Waals surface area contributed by atoms with E-state index in [0.29, 0.717) is 18.1 Å². The molecule has 1 aromatic rings. The summed E-state index contributed by atoms with van der Waals surface area (Å²) in [6.07, 6.45) is 2.49. The molecule has 0 saturated carbocycles. The zero-order chi connectivity index (χ0) is 11.8. The molecule has 0 amide bonds. The van der Waals surface area contributed by atoms with E-state index in [9.17, 15) is 4.79 Å². The van der Waals surface area contributed by atoms with Gasteiger partial charge < -0.3 is 4.74 Å². The van der Waals surface area contributed by atoms with E-state index in [1.54, 1.807) is 30.9 Å². The second kappa shape index (κ2) is 7.52. The number of ether oxygens (including phenoxy) is 1. The molecule has 1 aromatic heterocycles. The van der Waals surface area contributed by atoms with Gasteiger partial charge in [0.15, 0.2) is 0 Å². The summed E-state index contributed by atoms with van der Waals surface area (Å²) in [6.45, 7) is 2.16. The average Bonchev–Trinajstić information content (AvgIpc) is 2.30. The predicted molar refractivity (Wildman–Crippen MR) is 66.3 cm³/mol. The molecule has 1 rings (SSSR count). The molecule has 0 saturated heterocycles. The number of halogens is 1. The van der Waals surface area contributed by atoms with Crippen LogP contribution in [0.3, 0.4) is 0 Å². The Morgan fingerprint density at radius 1 is 1.56 bits per heavy atom. The van der Waals surface area contributed by atoms with Crippen LogP contribution >= 0.6 is 23.4 Å². The van der Waals surface area contributed by atoms with Crippen LogP contribution < -0.4 is 0 Å². The molecule has 0 atom stereocenters. The first-order valence-corrected chi connectivity index (χ1v) is 6.62. The first-order chi connectivity index (χ1) is 7.77. The van der Waals surface area contributed by atoms with Gasteiger partial charge in [-0.25, -0.2) is 9.78 Å².